The number of amides is 1. The normalized spacial score (nSPS) is 13.0. The van der Waals surface area contributed by atoms with Crippen molar-refractivity contribution >= 4 is 5.91 Å². The van der Waals surface area contributed by atoms with Gasteiger partial charge in [0.2, 0.25) is 5.91 Å². The van der Waals surface area contributed by atoms with Crippen molar-refractivity contribution in [3.8, 4) is 6.07 Å². The van der Waals surface area contributed by atoms with Crippen LogP contribution < -0.4 is 0 Å². The second kappa shape index (κ2) is 6.52. The summed E-state index contributed by atoms with van der Waals surface area (Å²) in [6.45, 7) is 10.4. The Hall–Kier alpha value is -1.04. The van der Waals surface area contributed by atoms with E-state index in [9.17, 15) is 4.79 Å². The lowest BCUT2D eigenvalue weighted by atomic mass is 9.92. The van der Waals surface area contributed by atoms with Crippen LogP contribution in [0.5, 0.6) is 0 Å². The van der Waals surface area contributed by atoms with Crippen molar-refractivity contribution in [1.82, 2.24) is 4.90 Å². The fourth-order valence-electron chi connectivity index (χ4n) is 1.48. The van der Waals surface area contributed by atoms with Gasteiger partial charge in [0.05, 0.1) is 6.07 Å². The van der Waals surface area contributed by atoms with Crippen LogP contribution in [0, 0.1) is 16.7 Å². The van der Waals surface area contributed by atoms with E-state index < -0.39 is 5.41 Å². The van der Waals surface area contributed by atoms with Gasteiger partial charge in [0.25, 0.3) is 0 Å². The molecule has 92 valence electrons. The highest BCUT2D eigenvalue weighted by Crippen LogP contribution is 2.20. The van der Waals surface area contributed by atoms with E-state index in [2.05, 4.69) is 19.9 Å². The molecule has 0 aliphatic rings. The lowest BCUT2D eigenvalue weighted by molar-refractivity contribution is -0.139. The Bertz CT molecular complexity index is 266. The Kier molecular flexibility index (Phi) is 6.10. The summed E-state index contributed by atoms with van der Waals surface area (Å²) in [5.74, 6) is -0.0437. The van der Waals surface area contributed by atoms with Crippen molar-refractivity contribution in [1.29, 1.82) is 5.26 Å². The van der Waals surface area contributed by atoms with Crippen LogP contribution in [0.2, 0.25) is 0 Å². The van der Waals surface area contributed by atoms with Gasteiger partial charge < -0.3 is 4.90 Å². The van der Waals surface area contributed by atoms with Crippen molar-refractivity contribution in [2.75, 3.05) is 6.54 Å². The van der Waals surface area contributed by atoms with Crippen LogP contribution in [0.1, 0.15) is 53.9 Å². The average Bonchev–Trinajstić information content (AvgIpc) is 2.28. The predicted octanol–water partition coefficient (Wildman–Crippen LogP) is 2.96. The van der Waals surface area contributed by atoms with E-state index in [1.54, 1.807) is 13.8 Å². The van der Waals surface area contributed by atoms with E-state index in [1.165, 1.54) is 0 Å². The first-order valence-electron chi connectivity index (χ1n) is 6.13. The maximum atomic E-state index is 12.2. The van der Waals surface area contributed by atoms with Gasteiger partial charge in [-0.15, -0.1) is 0 Å². The quantitative estimate of drug-likeness (QED) is 0.696. The summed E-state index contributed by atoms with van der Waals surface area (Å²) < 4.78 is 0. The SMILES string of the molecule is CCCCN(C(=O)C(C)(C)C#N)C(C)CC. The molecule has 0 N–H and O–H groups in total. The van der Waals surface area contributed by atoms with Crippen molar-refractivity contribution < 1.29 is 4.79 Å². The number of carbonyl (C=O) groups excluding carboxylic acids is 1. The zero-order valence-corrected chi connectivity index (χ0v) is 11.2. The number of rotatable bonds is 6. The fourth-order valence-corrected chi connectivity index (χ4v) is 1.48. The summed E-state index contributed by atoms with van der Waals surface area (Å²) in [5, 5.41) is 9.00. The van der Waals surface area contributed by atoms with Gasteiger partial charge >= 0.3 is 0 Å². The molecule has 0 aromatic rings. The molecule has 3 heteroatoms. The molecule has 0 aliphatic carbocycles. The molecule has 0 saturated carbocycles. The van der Waals surface area contributed by atoms with Gasteiger partial charge in [0.15, 0.2) is 0 Å². The molecule has 1 unspecified atom stereocenters. The van der Waals surface area contributed by atoms with Gasteiger partial charge in [0, 0.05) is 12.6 Å². The molecule has 0 aromatic carbocycles. The molecule has 0 heterocycles. The summed E-state index contributed by atoms with van der Waals surface area (Å²) in [6, 6.07) is 2.30. The summed E-state index contributed by atoms with van der Waals surface area (Å²) in [5.41, 5.74) is -0.906. The molecule has 1 amide bonds. The minimum absolute atomic E-state index is 0.0437. The van der Waals surface area contributed by atoms with Gasteiger partial charge in [-0.05, 0) is 33.6 Å². The molecule has 0 fully saturated rings. The highest BCUT2D eigenvalue weighted by Gasteiger charge is 2.33. The number of nitriles is 1. The summed E-state index contributed by atoms with van der Waals surface area (Å²) in [7, 11) is 0. The van der Waals surface area contributed by atoms with Crippen LogP contribution >= 0.6 is 0 Å². The van der Waals surface area contributed by atoms with E-state index in [1.807, 2.05) is 11.8 Å². The highest BCUT2D eigenvalue weighted by atomic mass is 16.2. The van der Waals surface area contributed by atoms with Gasteiger partial charge in [0.1, 0.15) is 5.41 Å². The maximum absolute atomic E-state index is 12.2. The van der Waals surface area contributed by atoms with E-state index in [0.29, 0.717) is 0 Å². The van der Waals surface area contributed by atoms with E-state index in [4.69, 9.17) is 5.26 Å². The fraction of sp³-hybridized carbons (Fsp3) is 0.846. The van der Waals surface area contributed by atoms with Crippen LogP contribution in [0.15, 0.2) is 0 Å². The zero-order chi connectivity index (χ0) is 12.8. The third-order valence-corrected chi connectivity index (χ3v) is 2.95. The van der Waals surface area contributed by atoms with E-state index in [0.717, 1.165) is 25.8 Å². The van der Waals surface area contributed by atoms with Crippen LogP contribution in [-0.4, -0.2) is 23.4 Å². The molecule has 16 heavy (non-hydrogen) atoms. The van der Waals surface area contributed by atoms with E-state index in [-0.39, 0.29) is 11.9 Å². The monoisotopic (exact) mass is 224 g/mol. The average molecular weight is 224 g/mol. The second-order valence-electron chi connectivity index (χ2n) is 4.85. The van der Waals surface area contributed by atoms with Crippen LogP contribution in [-0.2, 0) is 4.79 Å². The second-order valence-corrected chi connectivity index (χ2v) is 4.85. The van der Waals surface area contributed by atoms with Crippen molar-refractivity contribution in [3.63, 3.8) is 0 Å². The molecule has 0 spiro atoms. The van der Waals surface area contributed by atoms with Crippen LogP contribution in [0.25, 0.3) is 0 Å². The Balaban J connectivity index is 4.77. The largest absolute Gasteiger partial charge is 0.339 e. The number of hydrogen-bond donors (Lipinski definition) is 0. The molecular weight excluding hydrogens is 200 g/mol. The van der Waals surface area contributed by atoms with Crippen molar-refractivity contribution in [3.05, 3.63) is 0 Å². The minimum atomic E-state index is -0.906. The van der Waals surface area contributed by atoms with Gasteiger partial charge in [-0.3, -0.25) is 4.79 Å². The lowest BCUT2D eigenvalue weighted by Crippen LogP contribution is -2.45. The van der Waals surface area contributed by atoms with Gasteiger partial charge in [-0.25, -0.2) is 0 Å². The zero-order valence-electron chi connectivity index (χ0n) is 11.2. The molecule has 1 atom stereocenters. The summed E-state index contributed by atoms with van der Waals surface area (Å²) >= 11 is 0. The minimum Gasteiger partial charge on any atom is -0.339 e. The Morgan fingerprint density at radius 3 is 2.38 bits per heavy atom. The van der Waals surface area contributed by atoms with Crippen molar-refractivity contribution in [2.45, 2.75) is 59.9 Å². The first-order valence-corrected chi connectivity index (χ1v) is 6.13. The Morgan fingerprint density at radius 1 is 1.44 bits per heavy atom. The molecule has 0 rings (SSSR count). The number of unbranched alkanes of at least 4 members (excludes halogenated alkanes) is 1. The molecular formula is C13H24N2O. The molecule has 0 saturated heterocycles. The molecule has 0 bridgehead atoms. The van der Waals surface area contributed by atoms with E-state index >= 15 is 0 Å². The lowest BCUT2D eigenvalue weighted by Gasteiger charge is -2.32. The third kappa shape index (κ3) is 3.84. The number of hydrogen-bond acceptors (Lipinski definition) is 2. The van der Waals surface area contributed by atoms with Gasteiger partial charge in [-0.1, -0.05) is 20.3 Å². The van der Waals surface area contributed by atoms with Crippen LogP contribution in [0.4, 0.5) is 0 Å². The molecule has 0 aromatic heterocycles. The third-order valence-electron chi connectivity index (χ3n) is 2.95. The Morgan fingerprint density at radius 2 is 2.00 bits per heavy atom. The first kappa shape index (κ1) is 15.0. The standard InChI is InChI=1S/C13H24N2O/c1-6-8-9-15(11(3)7-2)12(16)13(4,5)10-14/h11H,6-9H2,1-5H3. The smallest absolute Gasteiger partial charge is 0.242 e. The highest BCUT2D eigenvalue weighted by molar-refractivity contribution is 5.84. The summed E-state index contributed by atoms with van der Waals surface area (Å²) in [4.78, 5) is 14.1. The maximum Gasteiger partial charge on any atom is 0.242 e. The number of carbonyl (C=O) groups is 1. The predicted molar refractivity (Wildman–Crippen MR) is 65.8 cm³/mol. The van der Waals surface area contributed by atoms with Crippen molar-refractivity contribution in [2.24, 2.45) is 5.41 Å². The molecule has 0 aliphatic heterocycles. The molecule has 3 nitrogen and oxygen atoms in total. The first-order chi connectivity index (χ1) is 7.40. The topological polar surface area (TPSA) is 44.1 Å². The molecule has 0 radical (unpaired) electrons. The van der Waals surface area contributed by atoms with Gasteiger partial charge in [-0.2, -0.15) is 5.26 Å². The number of nitrogens with zero attached hydrogens (tertiary/aromatic N) is 2. The summed E-state index contributed by atoms with van der Waals surface area (Å²) in [6.07, 6.45) is 2.99. The van der Waals surface area contributed by atoms with Crippen LogP contribution in [0.3, 0.4) is 0 Å². The Labute approximate surface area is 99.4 Å².